The van der Waals surface area contributed by atoms with Gasteiger partial charge < -0.3 is 14.9 Å². The van der Waals surface area contributed by atoms with Gasteiger partial charge in [0, 0.05) is 11.6 Å². The van der Waals surface area contributed by atoms with Gasteiger partial charge in [0.25, 0.3) is 0 Å². The molecule has 2 rings (SSSR count). The highest BCUT2D eigenvalue weighted by Gasteiger charge is 2.30. The first-order valence-electron chi connectivity index (χ1n) is 5.67. The Balaban J connectivity index is 2.11. The van der Waals surface area contributed by atoms with Gasteiger partial charge >= 0.3 is 6.18 Å². The molecule has 0 aliphatic rings. The molecule has 0 unspecified atom stereocenters. The van der Waals surface area contributed by atoms with Gasteiger partial charge in [-0.15, -0.1) is 0 Å². The van der Waals surface area contributed by atoms with Gasteiger partial charge in [-0.1, -0.05) is 6.07 Å². The molecule has 20 heavy (non-hydrogen) atoms. The number of ether oxygens (including phenoxy) is 1. The minimum atomic E-state index is -4.43. The Kier molecular flexibility index (Phi) is 3.74. The van der Waals surface area contributed by atoms with Crippen molar-refractivity contribution in [1.82, 2.24) is 0 Å². The normalized spacial score (nSPS) is 11.3. The summed E-state index contributed by atoms with van der Waals surface area (Å²) in [5.41, 5.74) is -0.440. The molecule has 2 aromatic rings. The van der Waals surface area contributed by atoms with E-state index in [0.717, 1.165) is 18.2 Å². The molecule has 2 N–H and O–H groups in total. The van der Waals surface area contributed by atoms with Crippen LogP contribution in [-0.2, 0) is 12.8 Å². The van der Waals surface area contributed by atoms with Gasteiger partial charge in [-0.05, 0) is 30.3 Å². The van der Waals surface area contributed by atoms with Crippen LogP contribution in [0.15, 0.2) is 42.5 Å². The van der Waals surface area contributed by atoms with E-state index in [0.29, 0.717) is 5.56 Å². The number of hydrogen-bond donors (Lipinski definition) is 2. The Morgan fingerprint density at radius 1 is 1.00 bits per heavy atom. The van der Waals surface area contributed by atoms with Crippen LogP contribution < -0.4 is 4.74 Å². The summed E-state index contributed by atoms with van der Waals surface area (Å²) >= 11 is 0. The number of hydrogen-bond acceptors (Lipinski definition) is 3. The minimum Gasteiger partial charge on any atom is -0.508 e. The van der Waals surface area contributed by atoms with Gasteiger partial charge in [0.05, 0.1) is 5.56 Å². The summed E-state index contributed by atoms with van der Waals surface area (Å²) in [6.45, 7) is -0.104. The van der Waals surface area contributed by atoms with Gasteiger partial charge in [0.15, 0.2) is 0 Å². The van der Waals surface area contributed by atoms with Crippen LogP contribution in [0.1, 0.15) is 11.1 Å². The lowest BCUT2D eigenvalue weighted by Crippen LogP contribution is -2.05. The Morgan fingerprint density at radius 2 is 1.75 bits per heavy atom. The van der Waals surface area contributed by atoms with Crippen molar-refractivity contribution in [3.05, 3.63) is 53.6 Å². The molecule has 0 saturated heterocycles. The van der Waals surface area contributed by atoms with Crippen LogP contribution in [-0.4, -0.2) is 10.2 Å². The monoisotopic (exact) mass is 284 g/mol. The molecule has 2 aromatic carbocycles. The first-order chi connectivity index (χ1) is 9.36. The molecule has 106 valence electrons. The van der Waals surface area contributed by atoms with Crippen LogP contribution >= 0.6 is 0 Å². The minimum absolute atomic E-state index is 0.0484. The summed E-state index contributed by atoms with van der Waals surface area (Å²) in [5, 5.41) is 18.7. The molecule has 0 radical (unpaired) electrons. The fraction of sp³-hybridized carbons (Fsp3) is 0.143. The van der Waals surface area contributed by atoms with E-state index in [1.807, 2.05) is 0 Å². The zero-order valence-corrected chi connectivity index (χ0v) is 10.2. The predicted molar refractivity (Wildman–Crippen MR) is 65.5 cm³/mol. The van der Waals surface area contributed by atoms with Crippen molar-refractivity contribution in [3.8, 4) is 17.2 Å². The molecule has 0 bridgehead atoms. The van der Waals surface area contributed by atoms with Gasteiger partial charge in [0.2, 0.25) is 0 Å². The molecule has 0 atom stereocenters. The van der Waals surface area contributed by atoms with Gasteiger partial charge in [-0.25, -0.2) is 0 Å². The fourth-order valence-electron chi connectivity index (χ4n) is 1.60. The van der Waals surface area contributed by atoms with Crippen molar-refractivity contribution in [1.29, 1.82) is 0 Å². The Morgan fingerprint density at radius 3 is 2.40 bits per heavy atom. The molecule has 0 saturated carbocycles. The third kappa shape index (κ3) is 3.34. The maximum absolute atomic E-state index is 12.5. The van der Waals surface area contributed by atoms with E-state index in [4.69, 9.17) is 9.84 Å². The average molecular weight is 284 g/mol. The van der Waals surface area contributed by atoms with Crippen LogP contribution in [0, 0.1) is 0 Å². The molecule has 0 heterocycles. The standard InChI is InChI=1S/C14H11F3O3/c15-14(16,17)10-2-1-3-12(6-10)20-8-9-4-5-11(18)7-13(9)19/h1-7,18-19H,8H2. The van der Waals surface area contributed by atoms with Crippen LogP contribution in [0.3, 0.4) is 0 Å². The number of rotatable bonds is 3. The molecule has 0 aliphatic carbocycles. The SMILES string of the molecule is Oc1ccc(COc2cccc(C(F)(F)F)c2)c(O)c1. The highest BCUT2D eigenvalue weighted by molar-refractivity contribution is 5.39. The molecule has 0 aliphatic heterocycles. The maximum Gasteiger partial charge on any atom is 0.416 e. The number of phenols is 2. The molecule has 0 amide bonds. The molecular weight excluding hydrogens is 273 g/mol. The molecule has 6 heteroatoms. The third-order valence-corrected chi connectivity index (χ3v) is 2.62. The van der Waals surface area contributed by atoms with E-state index >= 15 is 0 Å². The lowest BCUT2D eigenvalue weighted by Gasteiger charge is -2.11. The average Bonchev–Trinajstić information content (AvgIpc) is 2.37. The summed E-state index contributed by atoms with van der Waals surface area (Å²) in [7, 11) is 0. The van der Waals surface area contributed by atoms with E-state index in [-0.39, 0.29) is 23.9 Å². The van der Waals surface area contributed by atoms with Crippen molar-refractivity contribution < 1.29 is 28.1 Å². The molecule has 0 fully saturated rings. The Bertz CT molecular complexity index is 609. The first kappa shape index (κ1) is 14.0. The van der Waals surface area contributed by atoms with Gasteiger partial charge in [-0.2, -0.15) is 13.2 Å². The third-order valence-electron chi connectivity index (χ3n) is 2.62. The predicted octanol–water partition coefficient (Wildman–Crippen LogP) is 3.70. The summed E-state index contributed by atoms with van der Waals surface area (Å²) < 4.78 is 42.8. The van der Waals surface area contributed by atoms with Crippen LogP contribution in [0.25, 0.3) is 0 Å². The number of halogens is 3. The highest BCUT2D eigenvalue weighted by atomic mass is 19.4. The van der Waals surface area contributed by atoms with Crippen molar-refractivity contribution in [3.63, 3.8) is 0 Å². The number of phenolic OH excluding ortho intramolecular Hbond substituents is 2. The number of alkyl halides is 3. The van der Waals surface area contributed by atoms with Crippen LogP contribution in [0.5, 0.6) is 17.2 Å². The zero-order chi connectivity index (χ0) is 14.8. The van der Waals surface area contributed by atoms with E-state index in [9.17, 15) is 18.3 Å². The second-order valence-corrected chi connectivity index (χ2v) is 4.13. The summed E-state index contributed by atoms with van der Waals surface area (Å²) in [6, 6.07) is 8.39. The van der Waals surface area contributed by atoms with E-state index in [1.54, 1.807) is 0 Å². The topological polar surface area (TPSA) is 49.7 Å². The first-order valence-corrected chi connectivity index (χ1v) is 5.67. The molecule has 3 nitrogen and oxygen atoms in total. The summed E-state index contributed by atoms with van der Waals surface area (Å²) in [6.07, 6.45) is -4.43. The lowest BCUT2D eigenvalue weighted by molar-refractivity contribution is -0.137. The van der Waals surface area contributed by atoms with E-state index in [2.05, 4.69) is 0 Å². The number of benzene rings is 2. The number of aromatic hydroxyl groups is 2. The summed E-state index contributed by atoms with van der Waals surface area (Å²) in [5.74, 6) is -0.241. The van der Waals surface area contributed by atoms with Crippen molar-refractivity contribution in [2.45, 2.75) is 12.8 Å². The smallest absolute Gasteiger partial charge is 0.416 e. The quantitative estimate of drug-likeness (QED) is 0.903. The lowest BCUT2D eigenvalue weighted by atomic mass is 10.2. The van der Waals surface area contributed by atoms with Gasteiger partial charge in [-0.3, -0.25) is 0 Å². The molecule has 0 spiro atoms. The highest BCUT2D eigenvalue weighted by Crippen LogP contribution is 2.32. The second-order valence-electron chi connectivity index (χ2n) is 4.13. The summed E-state index contributed by atoms with van der Waals surface area (Å²) in [4.78, 5) is 0. The Hall–Kier alpha value is -2.37. The largest absolute Gasteiger partial charge is 0.508 e. The molecule has 0 aromatic heterocycles. The Labute approximate surface area is 112 Å². The van der Waals surface area contributed by atoms with E-state index in [1.165, 1.54) is 24.3 Å². The fourth-order valence-corrected chi connectivity index (χ4v) is 1.60. The second kappa shape index (κ2) is 5.32. The van der Waals surface area contributed by atoms with Crippen LogP contribution in [0.2, 0.25) is 0 Å². The van der Waals surface area contributed by atoms with Crippen molar-refractivity contribution in [2.75, 3.05) is 0 Å². The van der Waals surface area contributed by atoms with Crippen molar-refractivity contribution in [2.24, 2.45) is 0 Å². The maximum atomic E-state index is 12.5. The van der Waals surface area contributed by atoms with Gasteiger partial charge in [0.1, 0.15) is 23.9 Å². The van der Waals surface area contributed by atoms with E-state index < -0.39 is 11.7 Å². The molecular formula is C14H11F3O3. The van der Waals surface area contributed by atoms with Crippen LogP contribution in [0.4, 0.5) is 13.2 Å². The van der Waals surface area contributed by atoms with Crippen molar-refractivity contribution >= 4 is 0 Å². The zero-order valence-electron chi connectivity index (χ0n) is 10.2.